The largest absolute Gasteiger partial charge is 0.384 e. The Kier molecular flexibility index (Phi) is 4.08. The third-order valence-electron chi connectivity index (χ3n) is 5.92. The number of nitrogens with one attached hydrogen (secondary N) is 1. The molecule has 2 heterocycles. The predicted molar refractivity (Wildman–Crippen MR) is 100 cm³/mol. The van der Waals surface area contributed by atoms with Crippen LogP contribution in [-0.4, -0.2) is 32.4 Å². The summed E-state index contributed by atoms with van der Waals surface area (Å²) in [7, 11) is -3.37. The fraction of sp³-hybridized carbons (Fsp3) is 0.400. The Morgan fingerprint density at radius 1 is 1.00 bits per heavy atom. The van der Waals surface area contributed by atoms with Gasteiger partial charge in [-0.15, -0.1) is 0 Å². The van der Waals surface area contributed by atoms with Crippen molar-refractivity contribution in [2.45, 2.75) is 30.1 Å². The zero-order valence-corrected chi connectivity index (χ0v) is 15.3. The highest BCUT2D eigenvalue weighted by atomic mass is 32.2. The fourth-order valence-corrected chi connectivity index (χ4v) is 5.84. The van der Waals surface area contributed by atoms with Crippen LogP contribution in [0.15, 0.2) is 59.5 Å². The van der Waals surface area contributed by atoms with Crippen LogP contribution < -0.4 is 5.32 Å². The summed E-state index contributed by atoms with van der Waals surface area (Å²) in [6.45, 7) is 4.44. The molecule has 0 saturated carbocycles. The van der Waals surface area contributed by atoms with Gasteiger partial charge in [-0.1, -0.05) is 43.3 Å². The highest BCUT2D eigenvalue weighted by Crippen LogP contribution is 2.45. The van der Waals surface area contributed by atoms with Gasteiger partial charge in [0.2, 0.25) is 10.0 Å². The summed E-state index contributed by atoms with van der Waals surface area (Å²) in [5, 5.41) is 3.52. The zero-order valence-electron chi connectivity index (χ0n) is 14.5. The van der Waals surface area contributed by atoms with Gasteiger partial charge in [0.15, 0.2) is 0 Å². The lowest BCUT2D eigenvalue weighted by molar-refractivity contribution is 0.197. The molecule has 25 heavy (non-hydrogen) atoms. The van der Waals surface area contributed by atoms with Gasteiger partial charge in [-0.2, -0.15) is 4.31 Å². The molecule has 0 aromatic heterocycles. The molecule has 1 saturated heterocycles. The van der Waals surface area contributed by atoms with Crippen molar-refractivity contribution in [3.05, 3.63) is 60.2 Å². The highest BCUT2D eigenvalue weighted by Gasteiger charge is 2.43. The summed E-state index contributed by atoms with van der Waals surface area (Å²) < 4.78 is 27.3. The monoisotopic (exact) mass is 356 g/mol. The lowest BCUT2D eigenvalue weighted by Crippen LogP contribution is -2.45. The Morgan fingerprint density at radius 3 is 2.36 bits per heavy atom. The van der Waals surface area contributed by atoms with E-state index in [2.05, 4.69) is 36.5 Å². The Labute approximate surface area is 149 Å². The number of benzene rings is 2. The van der Waals surface area contributed by atoms with Gasteiger partial charge >= 0.3 is 0 Å². The molecule has 5 heteroatoms. The van der Waals surface area contributed by atoms with Crippen molar-refractivity contribution in [1.82, 2.24) is 4.31 Å². The number of piperidine rings is 1. The zero-order chi connectivity index (χ0) is 17.5. The minimum absolute atomic E-state index is 0.0825. The van der Waals surface area contributed by atoms with Crippen molar-refractivity contribution in [1.29, 1.82) is 0 Å². The van der Waals surface area contributed by atoms with Gasteiger partial charge < -0.3 is 5.32 Å². The van der Waals surface area contributed by atoms with Gasteiger partial charge in [-0.05, 0) is 42.5 Å². The number of para-hydroxylation sites is 1. The maximum absolute atomic E-state index is 12.8. The molecule has 132 valence electrons. The fourth-order valence-electron chi connectivity index (χ4n) is 4.35. The summed E-state index contributed by atoms with van der Waals surface area (Å²) in [5.41, 5.74) is 2.68. The van der Waals surface area contributed by atoms with E-state index in [0.717, 1.165) is 19.4 Å². The molecule has 0 amide bonds. The molecule has 0 spiro atoms. The smallest absolute Gasteiger partial charge is 0.243 e. The van der Waals surface area contributed by atoms with E-state index in [0.29, 0.717) is 23.9 Å². The molecular formula is C20H24N2O2S. The first kappa shape index (κ1) is 16.6. The topological polar surface area (TPSA) is 49.4 Å². The predicted octanol–water partition coefficient (Wildman–Crippen LogP) is 3.47. The molecule has 1 N–H and O–H groups in total. The molecule has 1 fully saturated rings. The molecule has 2 aromatic carbocycles. The van der Waals surface area contributed by atoms with E-state index < -0.39 is 10.0 Å². The van der Waals surface area contributed by atoms with Crippen LogP contribution in [0, 0.1) is 5.92 Å². The van der Waals surface area contributed by atoms with Crippen molar-refractivity contribution in [3.63, 3.8) is 0 Å². The SMILES string of the molecule is CC1(C2CCN(S(=O)(=O)c3ccccc3)CC2)CNc2ccccc21. The van der Waals surface area contributed by atoms with Crippen LogP contribution in [0.1, 0.15) is 25.3 Å². The summed E-state index contributed by atoms with van der Waals surface area (Å²) >= 11 is 0. The van der Waals surface area contributed by atoms with Gasteiger partial charge in [-0.25, -0.2) is 8.42 Å². The highest BCUT2D eigenvalue weighted by molar-refractivity contribution is 7.89. The molecule has 0 aliphatic carbocycles. The molecule has 2 aliphatic rings. The average Bonchev–Trinajstić information content (AvgIpc) is 3.01. The molecule has 2 aromatic rings. The number of nitrogens with zero attached hydrogens (tertiary/aromatic N) is 1. The number of hydrogen-bond acceptors (Lipinski definition) is 3. The van der Waals surface area contributed by atoms with Crippen LogP contribution in [0.3, 0.4) is 0 Å². The molecule has 1 atom stereocenters. The van der Waals surface area contributed by atoms with Crippen molar-refractivity contribution >= 4 is 15.7 Å². The Morgan fingerprint density at radius 2 is 1.64 bits per heavy atom. The molecular weight excluding hydrogens is 332 g/mol. The van der Waals surface area contributed by atoms with Gasteiger partial charge in [0.1, 0.15) is 0 Å². The minimum atomic E-state index is -3.37. The standard InChI is InChI=1S/C20H24N2O2S/c1-20(15-21-19-10-6-5-9-18(19)20)16-11-13-22(14-12-16)25(23,24)17-7-3-2-4-8-17/h2-10,16,21H,11-15H2,1H3. The number of hydrogen-bond donors (Lipinski definition) is 1. The van der Waals surface area contributed by atoms with E-state index in [9.17, 15) is 8.42 Å². The summed E-state index contributed by atoms with van der Waals surface area (Å²) in [4.78, 5) is 0.396. The van der Waals surface area contributed by atoms with Crippen LogP contribution in [-0.2, 0) is 15.4 Å². The van der Waals surface area contributed by atoms with Crippen molar-refractivity contribution in [2.24, 2.45) is 5.92 Å². The quantitative estimate of drug-likeness (QED) is 0.916. The van der Waals surface area contributed by atoms with Gasteiger partial charge in [0.05, 0.1) is 4.90 Å². The number of sulfonamides is 1. The maximum Gasteiger partial charge on any atom is 0.243 e. The van der Waals surface area contributed by atoms with Gasteiger partial charge in [-0.3, -0.25) is 0 Å². The van der Waals surface area contributed by atoms with Crippen LogP contribution in [0.4, 0.5) is 5.69 Å². The molecule has 0 radical (unpaired) electrons. The Bertz CT molecular complexity index is 858. The third kappa shape index (κ3) is 2.75. The van der Waals surface area contributed by atoms with E-state index in [1.165, 1.54) is 11.3 Å². The maximum atomic E-state index is 12.8. The summed E-state index contributed by atoms with van der Waals surface area (Å²) in [5.74, 6) is 0.492. The van der Waals surface area contributed by atoms with Crippen molar-refractivity contribution in [3.8, 4) is 0 Å². The molecule has 4 nitrogen and oxygen atoms in total. The molecule has 0 bridgehead atoms. The van der Waals surface area contributed by atoms with Crippen LogP contribution >= 0.6 is 0 Å². The number of fused-ring (bicyclic) bond motifs is 1. The normalized spacial score (nSPS) is 24.7. The second kappa shape index (κ2) is 6.15. The second-order valence-corrected chi connectivity index (χ2v) is 9.25. The van der Waals surface area contributed by atoms with Crippen LogP contribution in [0.25, 0.3) is 0 Å². The number of anilines is 1. The first-order valence-corrected chi connectivity index (χ1v) is 10.3. The average molecular weight is 356 g/mol. The molecule has 2 aliphatic heterocycles. The first-order chi connectivity index (χ1) is 12.0. The summed E-state index contributed by atoms with van der Waals surface area (Å²) in [6, 6.07) is 17.3. The molecule has 4 rings (SSSR count). The molecule has 1 unspecified atom stereocenters. The first-order valence-electron chi connectivity index (χ1n) is 8.90. The lowest BCUT2D eigenvalue weighted by atomic mass is 9.69. The number of rotatable bonds is 3. The summed E-state index contributed by atoms with van der Waals surface area (Å²) in [6.07, 6.45) is 1.80. The Balaban J connectivity index is 1.51. The minimum Gasteiger partial charge on any atom is -0.384 e. The Hall–Kier alpha value is -1.85. The van der Waals surface area contributed by atoms with E-state index in [-0.39, 0.29) is 5.41 Å². The van der Waals surface area contributed by atoms with E-state index in [1.807, 2.05) is 6.07 Å². The van der Waals surface area contributed by atoms with Gasteiger partial charge in [0, 0.05) is 30.7 Å². The lowest BCUT2D eigenvalue weighted by Gasteiger charge is -2.40. The van der Waals surface area contributed by atoms with Gasteiger partial charge in [0.25, 0.3) is 0 Å². The van der Waals surface area contributed by atoms with Crippen molar-refractivity contribution in [2.75, 3.05) is 25.0 Å². The second-order valence-electron chi connectivity index (χ2n) is 7.31. The van der Waals surface area contributed by atoms with Crippen LogP contribution in [0.5, 0.6) is 0 Å². The third-order valence-corrected chi connectivity index (χ3v) is 7.84. The van der Waals surface area contributed by atoms with E-state index in [1.54, 1.807) is 28.6 Å². The van der Waals surface area contributed by atoms with Crippen LogP contribution in [0.2, 0.25) is 0 Å². The van der Waals surface area contributed by atoms with Crippen molar-refractivity contribution < 1.29 is 8.42 Å². The van der Waals surface area contributed by atoms with E-state index in [4.69, 9.17) is 0 Å². The van der Waals surface area contributed by atoms with E-state index >= 15 is 0 Å².